The lowest BCUT2D eigenvalue weighted by Gasteiger charge is -2.07. The van der Waals surface area contributed by atoms with Crippen molar-refractivity contribution in [1.82, 2.24) is 10.2 Å². The van der Waals surface area contributed by atoms with Crippen molar-refractivity contribution >= 4 is 35.0 Å². The summed E-state index contributed by atoms with van der Waals surface area (Å²) in [7, 11) is 1.12. The Morgan fingerprint density at radius 3 is 2.77 bits per heavy atom. The van der Waals surface area contributed by atoms with E-state index in [0.29, 0.717) is 0 Å². The molecule has 3 aromatic rings. The molecule has 0 aliphatic carbocycles. The first-order chi connectivity index (χ1) is 14.4. The van der Waals surface area contributed by atoms with Crippen LogP contribution in [0.1, 0.15) is 10.4 Å². The number of rotatable bonds is 7. The average molecular weight is 432 g/mol. The molecule has 12 heteroatoms. The van der Waals surface area contributed by atoms with Crippen molar-refractivity contribution in [3.05, 3.63) is 64.0 Å². The normalized spacial score (nSPS) is 10.5. The second kappa shape index (κ2) is 9.13. The quantitative estimate of drug-likeness (QED) is 0.258. The van der Waals surface area contributed by atoms with E-state index in [1.165, 1.54) is 24.3 Å². The van der Waals surface area contributed by atoms with Gasteiger partial charge in [-0.05, 0) is 24.3 Å². The summed E-state index contributed by atoms with van der Waals surface area (Å²) in [5, 5.41) is 21.2. The number of anilines is 1. The summed E-state index contributed by atoms with van der Waals surface area (Å²) in [5.41, 5.74) is -0.136. The van der Waals surface area contributed by atoms with Gasteiger partial charge in [0.1, 0.15) is 11.4 Å². The van der Waals surface area contributed by atoms with E-state index in [0.717, 1.165) is 31.0 Å². The minimum atomic E-state index is -0.869. The van der Waals surface area contributed by atoms with Gasteiger partial charge in [0.2, 0.25) is 5.91 Å². The number of esters is 1. The number of amides is 1. The molecule has 0 spiro atoms. The molecule has 0 atom stereocenters. The number of halogens is 1. The van der Waals surface area contributed by atoms with Crippen LogP contribution in [0.15, 0.2) is 52.1 Å². The first-order valence-corrected chi connectivity index (χ1v) is 9.25. The first kappa shape index (κ1) is 20.9. The maximum atomic E-state index is 13.6. The number of benzene rings is 2. The van der Waals surface area contributed by atoms with Crippen molar-refractivity contribution in [3.63, 3.8) is 0 Å². The number of aromatic nitrogens is 2. The monoisotopic (exact) mass is 432 g/mol. The predicted molar refractivity (Wildman–Crippen MR) is 103 cm³/mol. The maximum Gasteiger partial charge on any atom is 0.340 e. The molecule has 1 amide bonds. The number of carbonyl (C=O) groups excluding carboxylic acids is 2. The SMILES string of the molecule is COC(=O)c1cc(NC(=O)CSc2nnc(-c3ccccc3[N+](=O)[O-])o2)ccc1F. The van der Waals surface area contributed by atoms with Gasteiger partial charge < -0.3 is 14.5 Å². The number of nitrogens with zero attached hydrogens (tertiary/aromatic N) is 3. The number of hydrogen-bond acceptors (Lipinski definition) is 9. The van der Waals surface area contributed by atoms with Crippen molar-refractivity contribution in [1.29, 1.82) is 0 Å². The van der Waals surface area contributed by atoms with Crippen molar-refractivity contribution in [2.24, 2.45) is 0 Å². The molecular formula is C18H13FN4O6S. The molecule has 0 unspecified atom stereocenters. The highest BCUT2D eigenvalue weighted by molar-refractivity contribution is 7.99. The highest BCUT2D eigenvalue weighted by Gasteiger charge is 2.20. The predicted octanol–water partition coefficient (Wildman–Crippen LogP) is 3.30. The van der Waals surface area contributed by atoms with Crippen molar-refractivity contribution in [3.8, 4) is 11.5 Å². The summed E-state index contributed by atoms with van der Waals surface area (Å²) < 4.78 is 23.5. The summed E-state index contributed by atoms with van der Waals surface area (Å²) in [6, 6.07) is 9.38. The highest BCUT2D eigenvalue weighted by atomic mass is 32.2. The molecular weight excluding hydrogens is 419 g/mol. The van der Waals surface area contributed by atoms with Gasteiger partial charge in [-0.3, -0.25) is 14.9 Å². The zero-order valence-corrected chi connectivity index (χ0v) is 16.1. The number of nitro groups is 1. The first-order valence-electron chi connectivity index (χ1n) is 8.27. The third-order valence-electron chi connectivity index (χ3n) is 3.72. The second-order valence-corrected chi connectivity index (χ2v) is 6.60. The van der Waals surface area contributed by atoms with Gasteiger partial charge in [-0.1, -0.05) is 23.9 Å². The van der Waals surface area contributed by atoms with Gasteiger partial charge >= 0.3 is 5.97 Å². The molecule has 0 fully saturated rings. The third kappa shape index (κ3) is 4.78. The van der Waals surface area contributed by atoms with E-state index in [1.807, 2.05) is 0 Å². The fourth-order valence-corrected chi connectivity index (χ4v) is 2.95. The van der Waals surface area contributed by atoms with E-state index in [9.17, 15) is 24.1 Å². The Hall–Kier alpha value is -3.80. The standard InChI is InChI=1S/C18H13FN4O6S/c1-28-17(25)12-8-10(6-7-13(12)19)20-15(24)9-30-18-22-21-16(29-18)11-4-2-3-5-14(11)23(26)27/h2-8H,9H2,1H3,(H,20,24). The average Bonchev–Trinajstić information content (AvgIpc) is 3.22. The number of carbonyl (C=O) groups is 2. The van der Waals surface area contributed by atoms with E-state index in [2.05, 4.69) is 20.3 Å². The molecule has 3 rings (SSSR count). The fourth-order valence-electron chi connectivity index (χ4n) is 2.38. The number of methoxy groups -OCH3 is 1. The lowest BCUT2D eigenvalue weighted by molar-refractivity contribution is -0.384. The molecule has 0 saturated heterocycles. The lowest BCUT2D eigenvalue weighted by atomic mass is 10.2. The minimum absolute atomic E-state index is 0.0349. The Morgan fingerprint density at radius 2 is 2.03 bits per heavy atom. The van der Waals surface area contributed by atoms with Gasteiger partial charge in [0.05, 0.1) is 23.3 Å². The molecule has 1 N–H and O–H groups in total. The number of nitro benzene ring substituents is 1. The molecule has 0 aliphatic heterocycles. The molecule has 0 radical (unpaired) electrons. The molecule has 0 saturated carbocycles. The van der Waals surface area contributed by atoms with E-state index >= 15 is 0 Å². The van der Waals surface area contributed by atoms with E-state index in [-0.39, 0.29) is 39.4 Å². The van der Waals surface area contributed by atoms with Crippen LogP contribution in [0.25, 0.3) is 11.5 Å². The van der Waals surface area contributed by atoms with Crippen LogP contribution in [0.5, 0.6) is 0 Å². The molecule has 0 aliphatic rings. The topological polar surface area (TPSA) is 137 Å². The van der Waals surface area contributed by atoms with Gasteiger partial charge in [-0.25, -0.2) is 9.18 Å². The van der Waals surface area contributed by atoms with E-state index in [1.54, 1.807) is 6.07 Å². The van der Waals surface area contributed by atoms with Crippen molar-refractivity contribution in [2.75, 3.05) is 18.2 Å². The summed E-state index contributed by atoms with van der Waals surface area (Å²) in [6.07, 6.45) is 0. The Morgan fingerprint density at radius 1 is 1.27 bits per heavy atom. The van der Waals surface area contributed by atoms with Crippen molar-refractivity contribution < 1.29 is 28.1 Å². The fraction of sp³-hybridized carbons (Fsp3) is 0.111. The van der Waals surface area contributed by atoms with Crippen LogP contribution in [-0.4, -0.2) is 39.9 Å². The Kier molecular flexibility index (Phi) is 6.37. The van der Waals surface area contributed by atoms with E-state index in [4.69, 9.17) is 4.42 Å². The second-order valence-electron chi connectivity index (χ2n) is 5.67. The van der Waals surface area contributed by atoms with Gasteiger partial charge in [-0.15, -0.1) is 10.2 Å². The van der Waals surface area contributed by atoms with Crippen LogP contribution in [0.4, 0.5) is 15.8 Å². The van der Waals surface area contributed by atoms with Crippen molar-refractivity contribution in [2.45, 2.75) is 5.22 Å². The van der Waals surface area contributed by atoms with Gasteiger partial charge in [0, 0.05) is 11.8 Å². The largest absolute Gasteiger partial charge is 0.465 e. The Bertz CT molecular complexity index is 1120. The number of hydrogen-bond donors (Lipinski definition) is 1. The molecule has 154 valence electrons. The summed E-state index contributed by atoms with van der Waals surface area (Å²) in [5.74, 6) is -2.31. The van der Waals surface area contributed by atoms with Crippen LogP contribution in [0, 0.1) is 15.9 Å². The molecule has 10 nitrogen and oxygen atoms in total. The molecule has 1 heterocycles. The molecule has 0 bridgehead atoms. The number of ether oxygens (including phenoxy) is 1. The zero-order valence-electron chi connectivity index (χ0n) is 15.3. The van der Waals surface area contributed by atoms with Crippen LogP contribution in [0.3, 0.4) is 0 Å². The van der Waals surface area contributed by atoms with Gasteiger partial charge in [-0.2, -0.15) is 0 Å². The van der Waals surface area contributed by atoms with Crippen LogP contribution < -0.4 is 5.32 Å². The summed E-state index contributed by atoms with van der Waals surface area (Å²) in [6.45, 7) is 0. The van der Waals surface area contributed by atoms with Crippen LogP contribution in [-0.2, 0) is 9.53 Å². The minimum Gasteiger partial charge on any atom is -0.465 e. The number of nitrogens with one attached hydrogen (secondary N) is 1. The molecule has 1 aromatic heterocycles. The van der Waals surface area contributed by atoms with Gasteiger partial charge in [0.25, 0.3) is 16.8 Å². The highest BCUT2D eigenvalue weighted by Crippen LogP contribution is 2.30. The zero-order chi connectivity index (χ0) is 21.7. The Labute approximate surface area is 172 Å². The maximum absolute atomic E-state index is 13.6. The molecule has 30 heavy (non-hydrogen) atoms. The summed E-state index contributed by atoms with van der Waals surface area (Å²) >= 11 is 0.908. The Balaban J connectivity index is 1.64. The smallest absolute Gasteiger partial charge is 0.340 e. The number of para-hydroxylation sites is 1. The third-order valence-corrected chi connectivity index (χ3v) is 4.54. The lowest BCUT2D eigenvalue weighted by Crippen LogP contribution is -2.15. The van der Waals surface area contributed by atoms with Gasteiger partial charge in [0.15, 0.2) is 0 Å². The van der Waals surface area contributed by atoms with Crippen LogP contribution in [0.2, 0.25) is 0 Å². The molecule has 2 aromatic carbocycles. The van der Waals surface area contributed by atoms with E-state index < -0.39 is 22.6 Å². The summed E-state index contributed by atoms with van der Waals surface area (Å²) in [4.78, 5) is 34.2. The number of thioether (sulfide) groups is 1. The van der Waals surface area contributed by atoms with Crippen LogP contribution >= 0.6 is 11.8 Å².